The largest absolute Gasteiger partial charge is 0.264 e. The van der Waals surface area contributed by atoms with E-state index in [4.69, 9.17) is 4.84 Å². The molecule has 5 heteroatoms. The lowest BCUT2D eigenvalue weighted by atomic mass is 10.2. The van der Waals surface area contributed by atoms with Gasteiger partial charge in [-0.1, -0.05) is 6.07 Å². The Kier molecular flexibility index (Phi) is 1.97. The van der Waals surface area contributed by atoms with Gasteiger partial charge in [0.1, 0.15) is 0 Å². The third-order valence-electron chi connectivity index (χ3n) is 1.52. The zero-order chi connectivity index (χ0) is 8.39. The van der Waals surface area contributed by atoms with E-state index in [0.717, 1.165) is 10.1 Å². The molecular formula is C7H7N3OS. The standard InChI is InChI=1S/C7H7N3OS/c12-10-9-5-7(11-10)6-2-1-3-8-4-6/h1-5,7,12H. The molecule has 1 aliphatic heterocycles. The molecule has 2 heterocycles. The van der Waals surface area contributed by atoms with E-state index in [2.05, 4.69) is 22.9 Å². The maximum absolute atomic E-state index is 5.18. The summed E-state index contributed by atoms with van der Waals surface area (Å²) in [7, 11) is 0. The van der Waals surface area contributed by atoms with Gasteiger partial charge in [0.25, 0.3) is 0 Å². The van der Waals surface area contributed by atoms with Crippen LogP contribution in [0.4, 0.5) is 0 Å². The Hall–Kier alpha value is -1.07. The fourth-order valence-electron chi connectivity index (χ4n) is 0.965. The van der Waals surface area contributed by atoms with Crippen LogP contribution in [0.15, 0.2) is 29.6 Å². The summed E-state index contributed by atoms with van der Waals surface area (Å²) in [5, 5.41) is 3.82. The van der Waals surface area contributed by atoms with Gasteiger partial charge in [0.2, 0.25) is 0 Å². The molecule has 2 rings (SSSR count). The van der Waals surface area contributed by atoms with Gasteiger partial charge in [-0.25, -0.2) is 4.84 Å². The van der Waals surface area contributed by atoms with Crippen LogP contribution in [0.1, 0.15) is 11.7 Å². The number of pyridine rings is 1. The first kappa shape index (κ1) is 7.57. The number of hydrogen-bond acceptors (Lipinski definition) is 5. The predicted molar refractivity (Wildman–Crippen MR) is 47.4 cm³/mol. The van der Waals surface area contributed by atoms with E-state index in [1.54, 1.807) is 18.6 Å². The normalized spacial score (nSPS) is 21.8. The minimum Gasteiger partial charge on any atom is -0.264 e. The van der Waals surface area contributed by atoms with Crippen LogP contribution in [-0.2, 0) is 4.84 Å². The molecule has 0 saturated carbocycles. The van der Waals surface area contributed by atoms with E-state index in [0.29, 0.717) is 0 Å². The molecule has 1 aromatic rings. The molecule has 0 aromatic carbocycles. The van der Waals surface area contributed by atoms with Crippen LogP contribution < -0.4 is 0 Å². The minimum atomic E-state index is -0.156. The number of rotatable bonds is 1. The second kappa shape index (κ2) is 3.12. The number of aromatic nitrogens is 1. The van der Waals surface area contributed by atoms with Crippen molar-refractivity contribution >= 4 is 19.0 Å². The smallest absolute Gasteiger partial charge is 0.152 e. The van der Waals surface area contributed by atoms with Crippen molar-refractivity contribution in [1.29, 1.82) is 0 Å². The van der Waals surface area contributed by atoms with Gasteiger partial charge in [0, 0.05) is 18.0 Å². The molecule has 12 heavy (non-hydrogen) atoms. The third-order valence-corrected chi connectivity index (χ3v) is 1.72. The lowest BCUT2D eigenvalue weighted by Crippen LogP contribution is -2.04. The Morgan fingerprint density at radius 1 is 1.58 bits per heavy atom. The zero-order valence-corrected chi connectivity index (χ0v) is 7.06. The van der Waals surface area contributed by atoms with Crippen LogP contribution >= 0.6 is 12.8 Å². The van der Waals surface area contributed by atoms with Gasteiger partial charge in [-0.05, 0) is 18.9 Å². The van der Waals surface area contributed by atoms with Crippen LogP contribution in [0.25, 0.3) is 0 Å². The Balaban J connectivity index is 2.18. The SMILES string of the molecule is SN1N=CC(c2cccnc2)O1. The van der Waals surface area contributed by atoms with E-state index in [1.807, 2.05) is 12.1 Å². The van der Waals surface area contributed by atoms with Crippen LogP contribution in [0.3, 0.4) is 0 Å². The van der Waals surface area contributed by atoms with Crippen LogP contribution in [0.2, 0.25) is 0 Å². The van der Waals surface area contributed by atoms with Gasteiger partial charge < -0.3 is 0 Å². The second-order valence-electron chi connectivity index (χ2n) is 2.33. The van der Waals surface area contributed by atoms with Crippen molar-refractivity contribution in [3.63, 3.8) is 0 Å². The molecule has 4 nitrogen and oxygen atoms in total. The highest BCUT2D eigenvalue weighted by molar-refractivity contribution is 7.77. The van der Waals surface area contributed by atoms with Crippen molar-refractivity contribution < 1.29 is 4.84 Å². The summed E-state index contributed by atoms with van der Waals surface area (Å²) in [4.78, 5) is 9.15. The van der Waals surface area contributed by atoms with Gasteiger partial charge >= 0.3 is 0 Å². The summed E-state index contributed by atoms with van der Waals surface area (Å²) in [5.74, 6) is 0. The number of hydrogen-bond donors (Lipinski definition) is 1. The minimum absolute atomic E-state index is 0.156. The monoisotopic (exact) mass is 181 g/mol. The molecule has 0 radical (unpaired) electrons. The third kappa shape index (κ3) is 1.41. The van der Waals surface area contributed by atoms with E-state index >= 15 is 0 Å². The first-order valence-corrected chi connectivity index (χ1v) is 3.86. The molecule has 1 aliphatic rings. The molecule has 1 unspecified atom stereocenters. The van der Waals surface area contributed by atoms with Crippen molar-refractivity contribution in [2.75, 3.05) is 0 Å². The summed E-state index contributed by atoms with van der Waals surface area (Å²) in [6, 6.07) is 3.78. The highest BCUT2D eigenvalue weighted by Crippen LogP contribution is 2.21. The lowest BCUT2D eigenvalue weighted by molar-refractivity contribution is -0.0749. The Morgan fingerprint density at radius 2 is 2.50 bits per heavy atom. The quantitative estimate of drug-likeness (QED) is 0.661. The van der Waals surface area contributed by atoms with E-state index in [9.17, 15) is 0 Å². The lowest BCUT2D eigenvalue weighted by Gasteiger charge is -2.08. The number of thiol groups is 1. The molecule has 0 bridgehead atoms. The predicted octanol–water partition coefficient (Wildman–Crippen LogP) is 1.20. The molecule has 0 fully saturated rings. The average molecular weight is 181 g/mol. The van der Waals surface area contributed by atoms with E-state index in [-0.39, 0.29) is 6.10 Å². The Morgan fingerprint density at radius 3 is 3.08 bits per heavy atom. The van der Waals surface area contributed by atoms with Gasteiger partial charge in [0.15, 0.2) is 6.10 Å². The first-order valence-electron chi connectivity index (χ1n) is 3.46. The van der Waals surface area contributed by atoms with Crippen LogP contribution in [-0.4, -0.2) is 15.8 Å². The summed E-state index contributed by atoms with van der Waals surface area (Å²) in [6.07, 6.45) is 4.97. The highest BCUT2D eigenvalue weighted by atomic mass is 32.1. The molecular weight excluding hydrogens is 174 g/mol. The molecule has 62 valence electrons. The van der Waals surface area contributed by atoms with Crippen molar-refractivity contribution in [2.24, 2.45) is 5.10 Å². The molecule has 0 saturated heterocycles. The topological polar surface area (TPSA) is 37.7 Å². The fraction of sp³-hybridized carbons (Fsp3) is 0.143. The van der Waals surface area contributed by atoms with Crippen molar-refractivity contribution in [3.8, 4) is 0 Å². The number of hydrazone groups is 1. The van der Waals surface area contributed by atoms with Gasteiger partial charge in [-0.3, -0.25) is 4.98 Å². The summed E-state index contributed by atoms with van der Waals surface area (Å²) >= 11 is 3.89. The first-order chi connectivity index (χ1) is 5.86. The van der Waals surface area contributed by atoms with Crippen molar-refractivity contribution in [1.82, 2.24) is 9.56 Å². The molecule has 0 N–H and O–H groups in total. The van der Waals surface area contributed by atoms with Crippen LogP contribution in [0, 0.1) is 0 Å². The van der Waals surface area contributed by atoms with Gasteiger partial charge in [0.05, 0.1) is 6.21 Å². The molecule has 0 aliphatic carbocycles. The maximum atomic E-state index is 5.18. The van der Waals surface area contributed by atoms with Crippen LogP contribution in [0.5, 0.6) is 0 Å². The van der Waals surface area contributed by atoms with Gasteiger partial charge in [-0.2, -0.15) is 0 Å². The summed E-state index contributed by atoms with van der Waals surface area (Å²) < 4.78 is 1.14. The number of nitrogens with zero attached hydrogens (tertiary/aromatic N) is 3. The maximum Gasteiger partial charge on any atom is 0.152 e. The molecule has 1 aromatic heterocycles. The fourth-order valence-corrected chi connectivity index (χ4v) is 1.13. The molecule has 0 amide bonds. The molecule has 0 spiro atoms. The Labute approximate surface area is 75.4 Å². The zero-order valence-electron chi connectivity index (χ0n) is 6.16. The highest BCUT2D eigenvalue weighted by Gasteiger charge is 2.17. The van der Waals surface area contributed by atoms with E-state index < -0.39 is 0 Å². The average Bonchev–Trinajstić information content (AvgIpc) is 2.54. The summed E-state index contributed by atoms with van der Waals surface area (Å²) in [6.45, 7) is 0. The second-order valence-corrected chi connectivity index (χ2v) is 2.67. The van der Waals surface area contributed by atoms with Crippen molar-refractivity contribution in [2.45, 2.75) is 6.10 Å². The Bertz CT molecular complexity index is 290. The van der Waals surface area contributed by atoms with Crippen molar-refractivity contribution in [3.05, 3.63) is 30.1 Å². The van der Waals surface area contributed by atoms with Gasteiger partial charge in [-0.15, -0.1) is 9.68 Å². The molecule has 1 atom stereocenters. The summed E-state index contributed by atoms with van der Waals surface area (Å²) in [5.41, 5.74) is 0.970. The van der Waals surface area contributed by atoms with E-state index in [1.165, 1.54) is 0 Å².